The van der Waals surface area contributed by atoms with E-state index in [1.165, 1.54) is 18.4 Å². The molecule has 5 rings (SSSR count). The highest BCUT2D eigenvalue weighted by molar-refractivity contribution is 7.82. The molecule has 1 aliphatic carbocycles. The Hall–Kier alpha value is -2.00. The summed E-state index contributed by atoms with van der Waals surface area (Å²) in [5.74, 6) is 0.981. The molecular weight excluding hydrogens is 420 g/mol. The zero-order valence-electron chi connectivity index (χ0n) is 17.1. The Kier molecular flexibility index (Phi) is 4.85. The lowest BCUT2D eigenvalue weighted by atomic mass is 9.60. The second kappa shape index (κ2) is 7.30. The highest BCUT2D eigenvalue weighted by Gasteiger charge is 2.53. The number of fused-ring (bicyclic) bond motifs is 1. The Balaban J connectivity index is 1.20. The Morgan fingerprint density at radius 3 is 2.67 bits per heavy atom. The fourth-order valence-electron chi connectivity index (χ4n) is 4.96. The van der Waals surface area contributed by atoms with Crippen molar-refractivity contribution in [3.63, 3.8) is 0 Å². The molecule has 1 saturated heterocycles. The number of hydrogen-bond donors (Lipinski definition) is 1. The Bertz CT molecular complexity index is 1120. The van der Waals surface area contributed by atoms with Gasteiger partial charge in [-0.25, -0.2) is 18.8 Å². The molecule has 0 radical (unpaired) electrons. The minimum atomic E-state index is -1.42. The summed E-state index contributed by atoms with van der Waals surface area (Å²) >= 11 is 6.28. The molecule has 1 aromatic carbocycles. The van der Waals surface area contributed by atoms with Gasteiger partial charge in [0.1, 0.15) is 28.0 Å². The summed E-state index contributed by atoms with van der Waals surface area (Å²) in [5, 5.41) is 10.3. The topological polar surface area (TPSA) is 79.8 Å². The summed E-state index contributed by atoms with van der Waals surface area (Å²) in [6.45, 7) is 5.00. The maximum atomic E-state index is 11.3. The van der Waals surface area contributed by atoms with E-state index >= 15 is 0 Å². The average molecular weight is 445 g/mol. The lowest BCUT2D eigenvalue weighted by Gasteiger charge is -2.61. The summed E-state index contributed by atoms with van der Waals surface area (Å²) in [4.78, 5) is 9.98. The summed E-state index contributed by atoms with van der Waals surface area (Å²) in [7, 11) is 0.766. The van der Waals surface area contributed by atoms with E-state index < -0.39 is 11.0 Å². The number of aryl methyl sites for hydroxylation is 1. The Morgan fingerprint density at radius 1 is 1.30 bits per heavy atom. The molecule has 1 saturated carbocycles. The van der Waals surface area contributed by atoms with E-state index in [2.05, 4.69) is 33.9 Å². The Morgan fingerprint density at radius 2 is 2.00 bits per heavy atom. The van der Waals surface area contributed by atoms with Crippen LogP contribution in [0.4, 0.5) is 5.82 Å². The van der Waals surface area contributed by atoms with Crippen molar-refractivity contribution in [1.29, 1.82) is 0 Å². The van der Waals surface area contributed by atoms with Crippen LogP contribution in [0.15, 0.2) is 41.6 Å². The van der Waals surface area contributed by atoms with Crippen LogP contribution in [0.1, 0.15) is 24.0 Å². The molecule has 3 aromatic rings. The molecule has 2 N–H and O–H groups in total. The van der Waals surface area contributed by atoms with E-state index in [1.54, 1.807) is 10.8 Å². The third-order valence-corrected chi connectivity index (χ3v) is 7.59. The maximum Gasteiger partial charge on any atom is 0.156 e. The summed E-state index contributed by atoms with van der Waals surface area (Å²) < 4.78 is 13.1. The van der Waals surface area contributed by atoms with Crippen LogP contribution < -0.4 is 10.0 Å². The van der Waals surface area contributed by atoms with Gasteiger partial charge in [0, 0.05) is 31.1 Å². The number of aromatic nitrogens is 3. The van der Waals surface area contributed by atoms with Crippen molar-refractivity contribution in [2.24, 2.45) is 10.6 Å². The smallest absolute Gasteiger partial charge is 0.156 e. The van der Waals surface area contributed by atoms with Crippen LogP contribution in [0.3, 0.4) is 0 Å². The van der Waals surface area contributed by atoms with Crippen LogP contribution in [0.2, 0.25) is 5.15 Å². The molecule has 2 fully saturated rings. The molecule has 9 heteroatoms. The lowest BCUT2D eigenvalue weighted by molar-refractivity contribution is -0.0122. The van der Waals surface area contributed by atoms with Crippen LogP contribution in [0, 0.1) is 12.3 Å². The quantitative estimate of drug-likeness (QED) is 0.654. The van der Waals surface area contributed by atoms with Gasteiger partial charge in [-0.05, 0) is 56.1 Å². The van der Waals surface area contributed by atoms with Crippen LogP contribution >= 0.6 is 11.6 Å². The largest absolute Gasteiger partial charge is 0.354 e. The van der Waals surface area contributed by atoms with Gasteiger partial charge in [0.25, 0.3) is 0 Å². The van der Waals surface area contributed by atoms with Gasteiger partial charge < -0.3 is 4.90 Å². The minimum Gasteiger partial charge on any atom is -0.354 e. The van der Waals surface area contributed by atoms with Crippen molar-refractivity contribution in [3.05, 3.63) is 52.9 Å². The first-order chi connectivity index (χ1) is 14.3. The predicted octanol–water partition coefficient (Wildman–Crippen LogP) is 2.77. The summed E-state index contributed by atoms with van der Waals surface area (Å²) in [5.41, 5.74) is 3.72. The maximum absolute atomic E-state index is 11.3. The second-order valence-corrected chi connectivity index (χ2v) is 10.2. The molecule has 2 aromatic heterocycles. The zero-order chi connectivity index (χ0) is 21.0. The number of halogens is 1. The molecule has 3 heterocycles. The fraction of sp³-hybridized carbons (Fsp3) is 0.429. The third kappa shape index (κ3) is 3.32. The molecule has 2 aliphatic rings. The molecule has 7 nitrogen and oxygen atoms in total. The number of nitrogens with zero attached hydrogens (tertiary/aromatic N) is 5. The second-order valence-electron chi connectivity index (χ2n) is 8.77. The van der Waals surface area contributed by atoms with E-state index in [0.29, 0.717) is 21.5 Å². The standard InChI is InChI=1S/C21H25ClN6OS/c1-14-7-18(22)28-19(14)20(24-13-25-28)27-11-21(12-27)8-16(9-21)26(2)10-15-3-5-17(6-4-15)30(23)29/h3-7,13,16H,8-12,23H2,1-2H3. The molecule has 158 valence electrons. The van der Waals surface area contributed by atoms with Crippen LogP contribution in [-0.4, -0.2) is 49.9 Å². The number of hydrogen-bond acceptors (Lipinski definition) is 5. The first-order valence-electron chi connectivity index (χ1n) is 10.0. The number of anilines is 1. The SMILES string of the molecule is Cc1cc(Cl)n2ncnc(N3CC4(CC(N(C)Cc5ccc(S(N)=O)cc5)C4)C3)c12. The molecule has 1 atom stereocenters. The van der Waals surface area contributed by atoms with Gasteiger partial charge in [0.2, 0.25) is 0 Å². The van der Waals surface area contributed by atoms with Gasteiger partial charge in [-0.2, -0.15) is 5.10 Å². The minimum absolute atomic E-state index is 0.394. The van der Waals surface area contributed by atoms with Gasteiger partial charge in [-0.3, -0.25) is 4.90 Å². The highest BCUT2D eigenvalue weighted by atomic mass is 35.5. The van der Waals surface area contributed by atoms with Crippen LogP contribution in [-0.2, 0) is 17.5 Å². The number of benzene rings is 1. The van der Waals surface area contributed by atoms with Crippen molar-refractivity contribution in [2.45, 2.75) is 37.2 Å². The van der Waals surface area contributed by atoms with Crippen LogP contribution in [0.5, 0.6) is 0 Å². The normalized spacial score (nSPS) is 19.3. The van der Waals surface area contributed by atoms with Crippen LogP contribution in [0.25, 0.3) is 5.52 Å². The monoisotopic (exact) mass is 444 g/mol. The predicted molar refractivity (Wildman–Crippen MR) is 119 cm³/mol. The van der Waals surface area contributed by atoms with E-state index in [9.17, 15) is 4.21 Å². The molecular formula is C21H25ClN6OS. The Labute approximate surface area is 183 Å². The van der Waals surface area contributed by atoms with Crippen molar-refractivity contribution >= 4 is 33.9 Å². The van der Waals surface area contributed by atoms with Crippen molar-refractivity contribution in [2.75, 3.05) is 25.0 Å². The molecule has 1 aliphatic heterocycles. The van der Waals surface area contributed by atoms with Gasteiger partial charge in [0.05, 0.1) is 4.90 Å². The van der Waals surface area contributed by atoms with E-state index in [1.807, 2.05) is 30.3 Å². The van der Waals surface area contributed by atoms with Gasteiger partial charge >= 0.3 is 0 Å². The van der Waals surface area contributed by atoms with E-state index in [4.69, 9.17) is 16.7 Å². The van der Waals surface area contributed by atoms with Gasteiger partial charge in [0.15, 0.2) is 5.82 Å². The lowest BCUT2D eigenvalue weighted by Crippen LogP contribution is -2.66. The van der Waals surface area contributed by atoms with E-state index in [0.717, 1.165) is 36.5 Å². The first kappa shape index (κ1) is 19.9. The summed E-state index contributed by atoms with van der Waals surface area (Å²) in [6, 6.07) is 10.3. The molecule has 30 heavy (non-hydrogen) atoms. The van der Waals surface area contributed by atoms with Gasteiger partial charge in [-0.1, -0.05) is 23.7 Å². The number of rotatable bonds is 5. The molecule has 1 unspecified atom stereocenters. The highest BCUT2D eigenvalue weighted by Crippen LogP contribution is 2.51. The first-order valence-corrected chi connectivity index (χ1v) is 11.6. The third-order valence-electron chi connectivity index (χ3n) is 6.58. The average Bonchev–Trinajstić information content (AvgIpc) is 2.94. The molecule has 0 amide bonds. The van der Waals surface area contributed by atoms with E-state index in [-0.39, 0.29) is 0 Å². The van der Waals surface area contributed by atoms with Crippen molar-refractivity contribution in [1.82, 2.24) is 19.5 Å². The fourth-order valence-corrected chi connectivity index (χ4v) is 5.66. The van der Waals surface area contributed by atoms with Crippen molar-refractivity contribution < 1.29 is 4.21 Å². The molecule has 1 spiro atoms. The molecule has 0 bridgehead atoms. The zero-order valence-corrected chi connectivity index (χ0v) is 18.7. The number of nitrogens with two attached hydrogens (primary N) is 1. The van der Waals surface area contributed by atoms with Gasteiger partial charge in [-0.15, -0.1) is 0 Å². The van der Waals surface area contributed by atoms with Crippen molar-refractivity contribution in [3.8, 4) is 0 Å². The summed E-state index contributed by atoms with van der Waals surface area (Å²) in [6.07, 6.45) is 3.99.